The predicted molar refractivity (Wildman–Crippen MR) is 75.5 cm³/mol. The third-order valence-electron chi connectivity index (χ3n) is 3.36. The number of carbonyl (C=O) groups is 1. The molecule has 4 heteroatoms. The van der Waals surface area contributed by atoms with Crippen molar-refractivity contribution >= 4 is 17.7 Å². The highest BCUT2D eigenvalue weighted by Crippen LogP contribution is 2.26. The second-order valence-corrected chi connectivity index (χ2v) is 5.94. The molecule has 0 saturated heterocycles. The molecule has 1 saturated carbocycles. The summed E-state index contributed by atoms with van der Waals surface area (Å²) in [6.45, 7) is 3.43. The predicted octanol–water partition coefficient (Wildman–Crippen LogP) is 2.17. The van der Waals surface area contributed by atoms with E-state index in [1.165, 1.54) is 25.7 Å². The lowest BCUT2D eigenvalue weighted by Crippen LogP contribution is -2.41. The lowest BCUT2D eigenvalue weighted by molar-refractivity contribution is -0.120. The minimum absolute atomic E-state index is 0.143. The molecule has 0 spiro atoms. The molecule has 2 unspecified atom stereocenters. The van der Waals surface area contributed by atoms with Crippen LogP contribution in [0, 0.1) is 0 Å². The first-order valence-electron chi connectivity index (χ1n) is 6.79. The molecule has 100 valence electrons. The van der Waals surface area contributed by atoms with Gasteiger partial charge in [0.15, 0.2) is 0 Å². The molecule has 1 aliphatic carbocycles. The summed E-state index contributed by atoms with van der Waals surface area (Å²) in [5, 5.41) is 7.11. The summed E-state index contributed by atoms with van der Waals surface area (Å²) in [7, 11) is 0. The molecular formula is C13H26N2OS. The molecule has 0 aliphatic heterocycles. The number of hydrogen-bond acceptors (Lipinski definition) is 3. The van der Waals surface area contributed by atoms with Gasteiger partial charge in [-0.3, -0.25) is 4.79 Å². The van der Waals surface area contributed by atoms with E-state index in [9.17, 15) is 4.79 Å². The molecule has 1 amide bonds. The molecule has 1 rings (SSSR count). The maximum atomic E-state index is 11.5. The quantitative estimate of drug-likeness (QED) is 0.688. The first kappa shape index (κ1) is 14.8. The fourth-order valence-corrected chi connectivity index (χ4v) is 3.08. The molecule has 1 fully saturated rings. The van der Waals surface area contributed by atoms with E-state index in [1.54, 1.807) is 0 Å². The summed E-state index contributed by atoms with van der Waals surface area (Å²) < 4.78 is 0. The van der Waals surface area contributed by atoms with Crippen LogP contribution in [0.3, 0.4) is 0 Å². The Balaban J connectivity index is 2.10. The monoisotopic (exact) mass is 258 g/mol. The number of nitrogens with one attached hydrogen (secondary N) is 2. The third-order valence-corrected chi connectivity index (χ3v) is 4.46. The average molecular weight is 258 g/mol. The summed E-state index contributed by atoms with van der Waals surface area (Å²) in [4.78, 5) is 11.5. The van der Waals surface area contributed by atoms with E-state index < -0.39 is 0 Å². The summed E-state index contributed by atoms with van der Waals surface area (Å²) in [5.41, 5.74) is 0. The fraction of sp³-hybridized carbons (Fsp3) is 0.923. The van der Waals surface area contributed by atoms with E-state index in [4.69, 9.17) is 0 Å². The van der Waals surface area contributed by atoms with Gasteiger partial charge in [-0.25, -0.2) is 0 Å². The van der Waals surface area contributed by atoms with Crippen LogP contribution in [0.5, 0.6) is 0 Å². The van der Waals surface area contributed by atoms with Gasteiger partial charge in [-0.05, 0) is 31.9 Å². The molecule has 0 aromatic carbocycles. The van der Waals surface area contributed by atoms with Crippen molar-refractivity contribution in [1.29, 1.82) is 0 Å². The van der Waals surface area contributed by atoms with Gasteiger partial charge in [0.05, 0.1) is 6.54 Å². The summed E-state index contributed by atoms with van der Waals surface area (Å²) in [6, 6.07) is 0.540. The molecule has 1 aliphatic rings. The van der Waals surface area contributed by atoms with Gasteiger partial charge in [0, 0.05) is 17.8 Å². The van der Waals surface area contributed by atoms with E-state index in [2.05, 4.69) is 23.8 Å². The number of thioether (sulfide) groups is 1. The van der Waals surface area contributed by atoms with Gasteiger partial charge >= 0.3 is 0 Å². The van der Waals surface area contributed by atoms with Crippen LogP contribution in [0.2, 0.25) is 0 Å². The molecule has 2 atom stereocenters. The summed E-state index contributed by atoms with van der Waals surface area (Å²) in [6.07, 6.45) is 9.45. The van der Waals surface area contributed by atoms with Crippen molar-refractivity contribution in [3.63, 3.8) is 0 Å². The molecule has 2 N–H and O–H groups in total. The smallest absolute Gasteiger partial charge is 0.233 e. The van der Waals surface area contributed by atoms with Gasteiger partial charge in [-0.2, -0.15) is 11.8 Å². The maximum absolute atomic E-state index is 11.5. The molecule has 0 bridgehead atoms. The lowest BCUT2D eigenvalue weighted by atomic mass is 9.95. The summed E-state index contributed by atoms with van der Waals surface area (Å²) in [5.74, 6) is 0.143. The number of unbranched alkanes of at least 4 members (excludes halogenated alkanes) is 1. The Kier molecular flexibility index (Phi) is 7.69. The number of hydrogen-bond donors (Lipinski definition) is 2. The van der Waals surface area contributed by atoms with Gasteiger partial charge in [-0.1, -0.05) is 19.8 Å². The fourth-order valence-electron chi connectivity index (χ4n) is 2.25. The highest BCUT2D eigenvalue weighted by molar-refractivity contribution is 7.99. The molecular weight excluding hydrogens is 232 g/mol. The molecule has 0 aromatic heterocycles. The van der Waals surface area contributed by atoms with Crippen molar-refractivity contribution in [2.45, 2.75) is 56.7 Å². The van der Waals surface area contributed by atoms with Crippen molar-refractivity contribution in [1.82, 2.24) is 10.6 Å². The van der Waals surface area contributed by atoms with E-state index in [0.29, 0.717) is 12.6 Å². The van der Waals surface area contributed by atoms with Crippen LogP contribution in [0.15, 0.2) is 0 Å². The van der Waals surface area contributed by atoms with Crippen molar-refractivity contribution in [3.05, 3.63) is 0 Å². The van der Waals surface area contributed by atoms with Crippen LogP contribution in [-0.2, 0) is 4.79 Å². The van der Waals surface area contributed by atoms with E-state index in [1.807, 2.05) is 11.8 Å². The second-order valence-electron chi connectivity index (χ2n) is 4.81. The molecule has 0 aromatic rings. The number of carbonyl (C=O) groups excluding carboxylic acids is 1. The normalized spacial score (nSPS) is 24.6. The van der Waals surface area contributed by atoms with Gasteiger partial charge in [0.2, 0.25) is 5.91 Å². The van der Waals surface area contributed by atoms with E-state index in [0.717, 1.165) is 24.6 Å². The molecule has 3 nitrogen and oxygen atoms in total. The Hall–Kier alpha value is -0.220. The Morgan fingerprint density at radius 1 is 1.41 bits per heavy atom. The maximum Gasteiger partial charge on any atom is 0.233 e. The minimum atomic E-state index is 0.143. The number of amides is 1. The topological polar surface area (TPSA) is 41.1 Å². The lowest BCUT2D eigenvalue weighted by Gasteiger charge is -2.28. The first-order chi connectivity index (χ1) is 8.26. The Bertz CT molecular complexity index is 223. The average Bonchev–Trinajstić information content (AvgIpc) is 2.37. The van der Waals surface area contributed by atoms with E-state index in [-0.39, 0.29) is 5.91 Å². The molecule has 0 radical (unpaired) electrons. The number of rotatable bonds is 7. The van der Waals surface area contributed by atoms with Gasteiger partial charge in [0.25, 0.3) is 0 Å². The van der Waals surface area contributed by atoms with E-state index >= 15 is 0 Å². The Morgan fingerprint density at radius 3 is 2.94 bits per heavy atom. The SMILES string of the molecule is CCCCNC(=O)CNC1CCCC(SC)C1. The van der Waals surface area contributed by atoms with Gasteiger partial charge in [-0.15, -0.1) is 0 Å². The van der Waals surface area contributed by atoms with Crippen LogP contribution in [0.1, 0.15) is 45.4 Å². The Morgan fingerprint density at radius 2 is 2.24 bits per heavy atom. The standard InChI is InChI=1S/C13H26N2OS/c1-3-4-8-14-13(16)10-15-11-6-5-7-12(9-11)17-2/h11-12,15H,3-10H2,1-2H3,(H,14,16). The zero-order chi connectivity index (χ0) is 12.5. The van der Waals surface area contributed by atoms with Gasteiger partial charge < -0.3 is 10.6 Å². The van der Waals surface area contributed by atoms with Crippen LogP contribution in [-0.4, -0.2) is 36.5 Å². The molecule has 0 heterocycles. The zero-order valence-electron chi connectivity index (χ0n) is 11.1. The third kappa shape index (κ3) is 6.32. The van der Waals surface area contributed by atoms with Crippen molar-refractivity contribution in [2.75, 3.05) is 19.3 Å². The van der Waals surface area contributed by atoms with Crippen LogP contribution < -0.4 is 10.6 Å². The van der Waals surface area contributed by atoms with Crippen molar-refractivity contribution < 1.29 is 4.79 Å². The minimum Gasteiger partial charge on any atom is -0.355 e. The van der Waals surface area contributed by atoms with Crippen molar-refractivity contribution in [3.8, 4) is 0 Å². The van der Waals surface area contributed by atoms with Crippen LogP contribution >= 0.6 is 11.8 Å². The second kappa shape index (κ2) is 8.81. The largest absolute Gasteiger partial charge is 0.355 e. The van der Waals surface area contributed by atoms with Crippen LogP contribution in [0.4, 0.5) is 0 Å². The van der Waals surface area contributed by atoms with Crippen molar-refractivity contribution in [2.24, 2.45) is 0 Å². The highest BCUT2D eigenvalue weighted by atomic mass is 32.2. The van der Waals surface area contributed by atoms with Gasteiger partial charge in [0.1, 0.15) is 0 Å². The first-order valence-corrected chi connectivity index (χ1v) is 8.08. The Labute approximate surface area is 109 Å². The summed E-state index contributed by atoms with van der Waals surface area (Å²) >= 11 is 1.96. The highest BCUT2D eigenvalue weighted by Gasteiger charge is 2.21. The zero-order valence-corrected chi connectivity index (χ0v) is 11.9. The van der Waals surface area contributed by atoms with Crippen LogP contribution in [0.25, 0.3) is 0 Å². The molecule has 17 heavy (non-hydrogen) atoms.